The molecule has 3 aromatic rings. The first kappa shape index (κ1) is 14.1. The maximum absolute atomic E-state index is 5.28. The van der Waals surface area contributed by atoms with Gasteiger partial charge in [0, 0.05) is 12.0 Å². The summed E-state index contributed by atoms with van der Waals surface area (Å²) in [6.45, 7) is 2.69. The molecule has 1 N–H and O–H groups in total. The molecule has 1 aliphatic rings. The van der Waals surface area contributed by atoms with Gasteiger partial charge in [0.25, 0.3) is 0 Å². The van der Waals surface area contributed by atoms with E-state index in [-0.39, 0.29) is 6.04 Å². The fourth-order valence-electron chi connectivity index (χ4n) is 2.47. The smallest absolute Gasteiger partial charge is 0.240 e. The predicted octanol–water partition coefficient (Wildman–Crippen LogP) is 2.38. The van der Waals surface area contributed by atoms with E-state index in [9.17, 15) is 0 Å². The highest BCUT2D eigenvalue weighted by Gasteiger charge is 2.28. The molecule has 23 heavy (non-hydrogen) atoms. The molecule has 1 atom stereocenters. The summed E-state index contributed by atoms with van der Waals surface area (Å²) in [6, 6.07) is 8.41. The van der Waals surface area contributed by atoms with E-state index in [1.54, 1.807) is 10.9 Å². The lowest BCUT2D eigenvalue weighted by Gasteiger charge is -2.13. The second-order valence-corrected chi connectivity index (χ2v) is 5.86. The third kappa shape index (κ3) is 3.14. The number of rotatable bonds is 6. The minimum Gasteiger partial charge on any atom is -0.338 e. The molecule has 1 fully saturated rings. The van der Waals surface area contributed by atoms with Crippen LogP contribution in [0, 0.1) is 0 Å². The van der Waals surface area contributed by atoms with Gasteiger partial charge in [-0.1, -0.05) is 22.5 Å². The molecule has 1 aromatic carbocycles. The Morgan fingerprint density at radius 2 is 2.13 bits per heavy atom. The van der Waals surface area contributed by atoms with E-state index >= 15 is 0 Å². The largest absolute Gasteiger partial charge is 0.338 e. The first-order valence-corrected chi connectivity index (χ1v) is 7.82. The molecule has 1 saturated carbocycles. The Morgan fingerprint density at radius 1 is 1.30 bits per heavy atom. The predicted molar refractivity (Wildman–Crippen MR) is 82.9 cm³/mol. The van der Waals surface area contributed by atoms with Gasteiger partial charge in [-0.05, 0) is 37.5 Å². The molecular formula is C16H18N6O. The van der Waals surface area contributed by atoms with Crippen LogP contribution in [-0.4, -0.2) is 25.1 Å². The molecule has 0 spiro atoms. The van der Waals surface area contributed by atoms with Gasteiger partial charge in [-0.3, -0.25) is 0 Å². The van der Waals surface area contributed by atoms with Crippen LogP contribution < -0.4 is 5.32 Å². The summed E-state index contributed by atoms with van der Waals surface area (Å²) < 4.78 is 7.01. The summed E-state index contributed by atoms with van der Waals surface area (Å²) >= 11 is 0. The Kier molecular flexibility index (Phi) is 3.63. The first-order chi connectivity index (χ1) is 11.3. The summed E-state index contributed by atoms with van der Waals surface area (Å²) in [5.41, 5.74) is 2.18. The minimum absolute atomic E-state index is 0.191. The summed E-state index contributed by atoms with van der Waals surface area (Å²) in [7, 11) is 0. The molecule has 2 aromatic heterocycles. The van der Waals surface area contributed by atoms with Crippen LogP contribution in [0.1, 0.15) is 49.0 Å². The van der Waals surface area contributed by atoms with Crippen molar-refractivity contribution in [1.29, 1.82) is 0 Å². The Bertz CT molecular complexity index is 760. The van der Waals surface area contributed by atoms with E-state index in [1.807, 2.05) is 18.3 Å². The SMILES string of the molecule is C[C@H](NCc1nc(C2CC2)no1)c1ccc(-n2ccnn2)cc1. The molecule has 4 rings (SSSR count). The van der Waals surface area contributed by atoms with Gasteiger partial charge in [0.1, 0.15) is 0 Å². The summed E-state index contributed by atoms with van der Waals surface area (Å²) in [4.78, 5) is 4.43. The second-order valence-electron chi connectivity index (χ2n) is 5.86. The Balaban J connectivity index is 1.37. The van der Waals surface area contributed by atoms with Crippen molar-refractivity contribution in [3.05, 3.63) is 53.9 Å². The molecule has 7 nitrogen and oxygen atoms in total. The zero-order chi connectivity index (χ0) is 15.6. The van der Waals surface area contributed by atoms with Crippen molar-refractivity contribution < 1.29 is 4.52 Å². The first-order valence-electron chi connectivity index (χ1n) is 7.82. The number of aromatic nitrogens is 5. The fourth-order valence-corrected chi connectivity index (χ4v) is 2.47. The quantitative estimate of drug-likeness (QED) is 0.753. The van der Waals surface area contributed by atoms with Gasteiger partial charge >= 0.3 is 0 Å². The third-order valence-electron chi connectivity index (χ3n) is 4.07. The van der Waals surface area contributed by atoms with E-state index in [0.717, 1.165) is 11.5 Å². The standard InChI is InChI=1S/C16H18N6O/c1-11(17-10-15-19-16(20-23-15)13-2-3-13)12-4-6-14(7-5-12)22-9-8-18-21-22/h4-9,11,13,17H,2-3,10H2,1H3/t11-/m0/s1. The van der Waals surface area contributed by atoms with Crippen molar-refractivity contribution in [2.45, 2.75) is 38.3 Å². The van der Waals surface area contributed by atoms with E-state index in [1.165, 1.54) is 18.4 Å². The van der Waals surface area contributed by atoms with Crippen molar-refractivity contribution in [1.82, 2.24) is 30.5 Å². The van der Waals surface area contributed by atoms with Crippen LogP contribution in [0.3, 0.4) is 0 Å². The summed E-state index contributed by atoms with van der Waals surface area (Å²) in [5.74, 6) is 2.03. The molecule has 1 aliphatic carbocycles. The zero-order valence-corrected chi connectivity index (χ0v) is 12.9. The molecule has 118 valence electrons. The van der Waals surface area contributed by atoms with Gasteiger partial charge in [-0.15, -0.1) is 5.10 Å². The van der Waals surface area contributed by atoms with E-state index in [2.05, 4.69) is 44.8 Å². The van der Waals surface area contributed by atoms with Gasteiger partial charge < -0.3 is 9.84 Å². The van der Waals surface area contributed by atoms with Crippen LogP contribution in [0.5, 0.6) is 0 Å². The van der Waals surface area contributed by atoms with Crippen LogP contribution in [0.2, 0.25) is 0 Å². The van der Waals surface area contributed by atoms with Gasteiger partial charge in [0.05, 0.1) is 24.6 Å². The molecular weight excluding hydrogens is 292 g/mol. The van der Waals surface area contributed by atoms with Crippen LogP contribution in [0.25, 0.3) is 5.69 Å². The van der Waals surface area contributed by atoms with Crippen molar-refractivity contribution in [2.75, 3.05) is 0 Å². The van der Waals surface area contributed by atoms with Gasteiger partial charge in [0.2, 0.25) is 5.89 Å². The van der Waals surface area contributed by atoms with Crippen molar-refractivity contribution in [2.24, 2.45) is 0 Å². The monoisotopic (exact) mass is 310 g/mol. The van der Waals surface area contributed by atoms with Crippen molar-refractivity contribution in [3.8, 4) is 5.69 Å². The maximum atomic E-state index is 5.28. The van der Waals surface area contributed by atoms with Crippen LogP contribution in [0.4, 0.5) is 0 Å². The summed E-state index contributed by atoms with van der Waals surface area (Å²) in [6.07, 6.45) is 5.85. The lowest BCUT2D eigenvalue weighted by Crippen LogP contribution is -2.18. The summed E-state index contributed by atoms with van der Waals surface area (Å²) in [5, 5.41) is 15.2. The Morgan fingerprint density at radius 3 is 2.83 bits per heavy atom. The van der Waals surface area contributed by atoms with Crippen LogP contribution in [-0.2, 0) is 6.54 Å². The minimum atomic E-state index is 0.191. The number of nitrogens with zero attached hydrogens (tertiary/aromatic N) is 5. The van der Waals surface area contributed by atoms with Gasteiger partial charge in [0.15, 0.2) is 5.82 Å². The number of hydrogen-bond acceptors (Lipinski definition) is 6. The molecule has 0 radical (unpaired) electrons. The van der Waals surface area contributed by atoms with Crippen LogP contribution in [0.15, 0.2) is 41.2 Å². The van der Waals surface area contributed by atoms with E-state index < -0.39 is 0 Å². The maximum Gasteiger partial charge on any atom is 0.240 e. The highest BCUT2D eigenvalue weighted by molar-refractivity contribution is 5.34. The Labute approximate surface area is 133 Å². The fraction of sp³-hybridized carbons (Fsp3) is 0.375. The number of nitrogens with one attached hydrogen (secondary N) is 1. The highest BCUT2D eigenvalue weighted by Crippen LogP contribution is 2.38. The molecule has 0 unspecified atom stereocenters. The zero-order valence-electron chi connectivity index (χ0n) is 12.9. The molecule has 0 bridgehead atoms. The van der Waals surface area contributed by atoms with Crippen LogP contribution >= 0.6 is 0 Å². The molecule has 7 heteroatoms. The lowest BCUT2D eigenvalue weighted by atomic mass is 10.1. The molecule has 2 heterocycles. The molecule has 0 saturated heterocycles. The average Bonchev–Trinajstić information content (AvgIpc) is 3.11. The van der Waals surface area contributed by atoms with Gasteiger partial charge in [-0.2, -0.15) is 4.98 Å². The van der Waals surface area contributed by atoms with E-state index in [4.69, 9.17) is 4.52 Å². The van der Waals surface area contributed by atoms with Crippen molar-refractivity contribution in [3.63, 3.8) is 0 Å². The second kappa shape index (κ2) is 5.92. The third-order valence-corrected chi connectivity index (χ3v) is 4.07. The number of hydrogen-bond donors (Lipinski definition) is 1. The highest BCUT2D eigenvalue weighted by atomic mass is 16.5. The van der Waals surface area contributed by atoms with E-state index in [0.29, 0.717) is 18.4 Å². The molecule has 0 aliphatic heterocycles. The molecule has 0 amide bonds. The topological polar surface area (TPSA) is 81.7 Å². The Hall–Kier alpha value is -2.54. The average molecular weight is 310 g/mol. The van der Waals surface area contributed by atoms with Crippen molar-refractivity contribution >= 4 is 0 Å². The lowest BCUT2D eigenvalue weighted by molar-refractivity contribution is 0.356. The van der Waals surface area contributed by atoms with Gasteiger partial charge in [-0.25, -0.2) is 4.68 Å². The normalized spacial score (nSPS) is 15.7. The number of benzene rings is 1.